The molecule has 0 unspecified atom stereocenters. The zero-order chi connectivity index (χ0) is 14.0. The van der Waals surface area contributed by atoms with Crippen molar-refractivity contribution in [1.82, 2.24) is 4.90 Å². The third-order valence-corrected chi connectivity index (χ3v) is 5.55. The van der Waals surface area contributed by atoms with Gasteiger partial charge in [-0.25, -0.2) is 4.79 Å². The number of hydrogen-bond acceptors (Lipinski definition) is 4. The molecule has 1 amide bonds. The van der Waals surface area contributed by atoms with Crippen LogP contribution in [0.3, 0.4) is 0 Å². The summed E-state index contributed by atoms with van der Waals surface area (Å²) in [7, 11) is -1.07. The van der Waals surface area contributed by atoms with Gasteiger partial charge in [-0.2, -0.15) is 0 Å². The molecule has 0 radical (unpaired) electrons. The number of carboxylic acid groups (broad SMARTS) is 1. The third-order valence-electron chi connectivity index (χ3n) is 2.40. The molecule has 0 aliphatic heterocycles. The predicted molar refractivity (Wildman–Crippen MR) is 70.7 cm³/mol. The summed E-state index contributed by atoms with van der Waals surface area (Å²) in [6.45, 7) is 7.80. The van der Waals surface area contributed by atoms with Crippen LogP contribution in [0.15, 0.2) is 0 Å². The van der Waals surface area contributed by atoms with Gasteiger partial charge in [0.15, 0.2) is 0 Å². The van der Waals surface area contributed by atoms with Crippen molar-refractivity contribution in [2.24, 2.45) is 0 Å². The van der Waals surface area contributed by atoms with Crippen LogP contribution in [0.4, 0.5) is 4.79 Å². The number of hydrogen-bond donors (Lipinski definition) is 1. The van der Waals surface area contributed by atoms with Crippen molar-refractivity contribution >= 4 is 14.9 Å². The van der Waals surface area contributed by atoms with Gasteiger partial charge in [0.1, 0.15) is 0 Å². The Morgan fingerprint density at radius 3 is 1.89 bits per heavy atom. The summed E-state index contributed by atoms with van der Waals surface area (Å²) in [5.41, 5.74) is 0. The number of nitrogens with zero attached hydrogens (tertiary/aromatic N) is 1. The highest BCUT2D eigenvalue weighted by Gasteiger charge is 2.39. The van der Waals surface area contributed by atoms with Crippen LogP contribution in [0.1, 0.15) is 27.2 Å². The summed E-state index contributed by atoms with van der Waals surface area (Å²) in [4.78, 5) is 11.9. The summed E-state index contributed by atoms with van der Waals surface area (Å²) in [5, 5.41) is 8.77. The molecule has 0 bridgehead atoms. The van der Waals surface area contributed by atoms with Gasteiger partial charge in [0.25, 0.3) is 0 Å². The molecule has 0 aliphatic rings. The fraction of sp³-hybridized carbons (Fsp3) is 0.909. The largest absolute Gasteiger partial charge is 0.500 e. The zero-order valence-electron chi connectivity index (χ0n) is 11.8. The summed E-state index contributed by atoms with van der Waals surface area (Å²) in [6, 6.07) is 0.639. The van der Waals surface area contributed by atoms with Gasteiger partial charge in [-0.1, -0.05) is 0 Å². The highest BCUT2D eigenvalue weighted by Crippen LogP contribution is 2.18. The Kier molecular flexibility index (Phi) is 8.99. The molecule has 0 aromatic carbocycles. The summed E-state index contributed by atoms with van der Waals surface area (Å²) in [5.74, 6) is 0. The Hall–Kier alpha value is -0.633. The highest BCUT2D eigenvalue weighted by molar-refractivity contribution is 6.60. The molecule has 0 atom stereocenters. The van der Waals surface area contributed by atoms with Crippen molar-refractivity contribution in [2.45, 2.75) is 33.2 Å². The monoisotopic (exact) mass is 279 g/mol. The first-order valence-corrected chi connectivity index (χ1v) is 8.30. The minimum atomic E-state index is -2.62. The van der Waals surface area contributed by atoms with Crippen molar-refractivity contribution in [1.29, 1.82) is 0 Å². The maximum Gasteiger partial charge on any atom is 0.500 e. The SMILES string of the molecule is CCO[Si](CCCN(C)C(=O)O)(OCC)OCC. The van der Waals surface area contributed by atoms with Crippen molar-refractivity contribution in [3.8, 4) is 0 Å². The standard InChI is InChI=1S/C11H25NO5Si/c1-5-15-18(16-6-2,17-7-3)10-8-9-12(4)11(13)14/h5-10H2,1-4H3,(H,13,14). The summed E-state index contributed by atoms with van der Waals surface area (Å²) >= 11 is 0. The molecule has 1 N–H and O–H groups in total. The van der Waals surface area contributed by atoms with E-state index in [2.05, 4.69) is 0 Å². The lowest BCUT2D eigenvalue weighted by atomic mass is 10.4. The lowest BCUT2D eigenvalue weighted by molar-refractivity contribution is 0.0699. The van der Waals surface area contributed by atoms with E-state index in [4.69, 9.17) is 18.4 Å². The average Bonchev–Trinajstić information content (AvgIpc) is 2.29. The van der Waals surface area contributed by atoms with Crippen LogP contribution in [0, 0.1) is 0 Å². The van der Waals surface area contributed by atoms with Crippen molar-refractivity contribution in [3.05, 3.63) is 0 Å². The Balaban J connectivity index is 4.33. The molecule has 0 aliphatic carbocycles. The second kappa shape index (κ2) is 9.32. The van der Waals surface area contributed by atoms with Gasteiger partial charge in [0.2, 0.25) is 0 Å². The lowest BCUT2D eigenvalue weighted by Gasteiger charge is -2.28. The van der Waals surface area contributed by atoms with Crippen LogP contribution in [0.5, 0.6) is 0 Å². The lowest BCUT2D eigenvalue weighted by Crippen LogP contribution is -2.46. The number of amides is 1. The van der Waals surface area contributed by atoms with Crippen LogP contribution < -0.4 is 0 Å². The molecule has 0 heterocycles. The first kappa shape index (κ1) is 17.4. The highest BCUT2D eigenvalue weighted by atomic mass is 28.4. The molecule has 108 valence electrons. The van der Waals surface area contributed by atoms with E-state index in [1.165, 1.54) is 4.90 Å². The number of carbonyl (C=O) groups is 1. The van der Waals surface area contributed by atoms with Gasteiger partial charge in [-0.3, -0.25) is 0 Å². The van der Waals surface area contributed by atoms with Crippen LogP contribution in [-0.4, -0.2) is 58.3 Å². The van der Waals surface area contributed by atoms with Gasteiger partial charge >= 0.3 is 14.9 Å². The maximum absolute atomic E-state index is 10.7. The van der Waals surface area contributed by atoms with Crippen molar-refractivity contribution < 1.29 is 23.2 Å². The molecule has 6 nitrogen and oxygen atoms in total. The second-order valence-corrected chi connectivity index (χ2v) is 6.52. The molecule has 7 heteroatoms. The van der Waals surface area contributed by atoms with Crippen LogP contribution >= 0.6 is 0 Å². The van der Waals surface area contributed by atoms with Crippen molar-refractivity contribution in [3.63, 3.8) is 0 Å². The Labute approximate surface area is 110 Å². The molecule has 0 fully saturated rings. The van der Waals surface area contributed by atoms with E-state index in [1.54, 1.807) is 7.05 Å². The first-order chi connectivity index (χ1) is 8.51. The molecule has 0 aromatic heterocycles. The summed E-state index contributed by atoms with van der Waals surface area (Å²) in [6.07, 6.45) is -0.249. The quantitative estimate of drug-likeness (QED) is 0.620. The normalized spacial score (nSPS) is 11.6. The maximum atomic E-state index is 10.7. The average molecular weight is 279 g/mol. The van der Waals surface area contributed by atoms with Crippen LogP contribution in [0.25, 0.3) is 0 Å². The van der Waals surface area contributed by atoms with Crippen molar-refractivity contribution in [2.75, 3.05) is 33.4 Å². The summed E-state index contributed by atoms with van der Waals surface area (Å²) < 4.78 is 17.0. The van der Waals surface area contributed by atoms with Gasteiger partial charge < -0.3 is 23.3 Å². The minimum absolute atomic E-state index is 0.456. The fourth-order valence-corrected chi connectivity index (χ4v) is 4.22. The van der Waals surface area contributed by atoms with E-state index in [9.17, 15) is 4.79 Å². The second-order valence-electron chi connectivity index (χ2n) is 3.79. The molecule has 0 aromatic rings. The zero-order valence-corrected chi connectivity index (χ0v) is 12.8. The van der Waals surface area contributed by atoms with Gasteiger partial charge in [-0.15, -0.1) is 0 Å². The topological polar surface area (TPSA) is 68.2 Å². The van der Waals surface area contributed by atoms with E-state index < -0.39 is 14.9 Å². The van der Waals surface area contributed by atoms with Gasteiger partial charge in [0.05, 0.1) is 0 Å². The molecule has 0 saturated heterocycles. The third kappa shape index (κ3) is 6.34. The fourth-order valence-electron chi connectivity index (χ4n) is 1.63. The molecular formula is C11H25NO5Si. The molecule has 0 spiro atoms. The Bertz CT molecular complexity index is 222. The van der Waals surface area contributed by atoms with Gasteiger partial charge in [0, 0.05) is 39.5 Å². The smallest absolute Gasteiger partial charge is 0.465 e. The van der Waals surface area contributed by atoms with E-state index in [-0.39, 0.29) is 0 Å². The van der Waals surface area contributed by atoms with E-state index in [0.717, 1.165) is 0 Å². The number of rotatable bonds is 10. The molecule has 18 heavy (non-hydrogen) atoms. The molecule has 0 rings (SSSR count). The van der Waals surface area contributed by atoms with Gasteiger partial charge in [-0.05, 0) is 27.2 Å². The molecule has 0 saturated carbocycles. The van der Waals surface area contributed by atoms with E-state index >= 15 is 0 Å². The predicted octanol–water partition coefficient (Wildman–Crippen LogP) is 2.03. The first-order valence-electron chi connectivity index (χ1n) is 6.37. The Morgan fingerprint density at radius 2 is 1.56 bits per heavy atom. The Morgan fingerprint density at radius 1 is 1.11 bits per heavy atom. The van der Waals surface area contributed by atoms with Crippen LogP contribution in [-0.2, 0) is 13.3 Å². The van der Waals surface area contributed by atoms with Crippen LogP contribution in [0.2, 0.25) is 6.04 Å². The van der Waals surface area contributed by atoms with E-state index in [0.29, 0.717) is 38.8 Å². The van der Waals surface area contributed by atoms with E-state index in [1.807, 2.05) is 20.8 Å². The molecular weight excluding hydrogens is 254 g/mol. The minimum Gasteiger partial charge on any atom is -0.465 e.